The quantitative estimate of drug-likeness (QED) is 0.311. The van der Waals surface area contributed by atoms with Crippen LogP contribution in [-0.2, 0) is 11.3 Å². The second kappa shape index (κ2) is 9.86. The van der Waals surface area contributed by atoms with Gasteiger partial charge in [-0.05, 0) is 30.5 Å². The summed E-state index contributed by atoms with van der Waals surface area (Å²) in [5.74, 6) is 0.511. The van der Waals surface area contributed by atoms with Gasteiger partial charge in [-0.1, -0.05) is 11.8 Å². The summed E-state index contributed by atoms with van der Waals surface area (Å²) in [4.78, 5) is 21.3. The summed E-state index contributed by atoms with van der Waals surface area (Å²) >= 11 is 1.45. The molecule has 0 bridgehead atoms. The molecule has 2 N–H and O–H groups in total. The topological polar surface area (TPSA) is 118 Å². The monoisotopic (exact) mass is 411 g/mol. The second-order valence-electron chi connectivity index (χ2n) is 6.03. The predicted molar refractivity (Wildman–Crippen MR) is 111 cm³/mol. The molecule has 0 aliphatic rings. The minimum Gasteiger partial charge on any atom is -0.383 e. The fraction of sp³-hybridized carbons (Fsp3) is 0.316. The van der Waals surface area contributed by atoms with Gasteiger partial charge in [0.15, 0.2) is 10.8 Å². The number of ether oxygens (including phenoxy) is 1. The Morgan fingerprint density at radius 3 is 2.76 bits per heavy atom. The number of amides is 1. The van der Waals surface area contributed by atoms with Crippen LogP contribution in [0.2, 0.25) is 0 Å². The number of benzene rings is 1. The fourth-order valence-corrected chi connectivity index (χ4v) is 3.03. The van der Waals surface area contributed by atoms with Gasteiger partial charge in [-0.25, -0.2) is 14.6 Å². The number of thioether (sulfide) groups is 1. The Balaban J connectivity index is 1.68. The average Bonchev–Trinajstić information content (AvgIpc) is 3.16. The first-order valence-electron chi connectivity index (χ1n) is 8.95. The molecule has 0 saturated carbocycles. The number of nitrogens with zero attached hydrogens (tertiary/aromatic N) is 5. The number of methoxy groups -OCH3 is 1. The zero-order chi connectivity index (χ0) is 20.6. The van der Waals surface area contributed by atoms with Crippen LogP contribution in [-0.4, -0.2) is 58.7 Å². The Labute approximate surface area is 172 Å². The summed E-state index contributed by atoms with van der Waals surface area (Å²) < 4.78 is 6.82. The van der Waals surface area contributed by atoms with Gasteiger partial charge in [0.1, 0.15) is 5.82 Å². The van der Waals surface area contributed by atoms with Crippen molar-refractivity contribution in [3.8, 4) is 6.07 Å². The molecule has 10 heteroatoms. The normalized spacial score (nSPS) is 10.7. The smallest absolute Gasteiger partial charge is 0.251 e. The number of hydrogen-bond acceptors (Lipinski definition) is 8. The summed E-state index contributed by atoms with van der Waals surface area (Å²) in [7, 11) is 1.65. The van der Waals surface area contributed by atoms with E-state index in [0.717, 1.165) is 5.39 Å². The molecule has 0 fully saturated rings. The summed E-state index contributed by atoms with van der Waals surface area (Å²) in [6, 6.07) is 8.54. The lowest BCUT2D eigenvalue weighted by Gasteiger charge is -2.09. The van der Waals surface area contributed by atoms with Crippen molar-refractivity contribution < 1.29 is 9.53 Å². The molecular weight excluding hydrogens is 390 g/mol. The van der Waals surface area contributed by atoms with Crippen molar-refractivity contribution in [2.45, 2.75) is 11.7 Å². The van der Waals surface area contributed by atoms with Gasteiger partial charge in [0.2, 0.25) is 0 Å². The maximum atomic E-state index is 12.3. The molecule has 1 amide bonds. The average molecular weight is 411 g/mol. The van der Waals surface area contributed by atoms with Gasteiger partial charge in [-0.3, -0.25) is 4.79 Å². The van der Waals surface area contributed by atoms with E-state index in [1.807, 2.05) is 12.3 Å². The van der Waals surface area contributed by atoms with Crippen molar-refractivity contribution in [1.29, 1.82) is 5.26 Å². The fourth-order valence-electron chi connectivity index (χ4n) is 2.67. The third kappa shape index (κ3) is 5.01. The maximum Gasteiger partial charge on any atom is 0.251 e. The Kier molecular flexibility index (Phi) is 6.99. The van der Waals surface area contributed by atoms with Gasteiger partial charge < -0.3 is 15.4 Å². The molecule has 150 valence electrons. The van der Waals surface area contributed by atoms with E-state index in [-0.39, 0.29) is 5.91 Å². The highest BCUT2D eigenvalue weighted by atomic mass is 32.2. The SMILES string of the molecule is COCCNc1nc(SC)nc2c1cnn2CCNC(=O)c1ccc(C#N)cc1. The molecule has 3 aromatic rings. The molecule has 3 rings (SSSR count). The number of anilines is 1. The van der Waals surface area contributed by atoms with Gasteiger partial charge in [0.25, 0.3) is 5.91 Å². The minimum atomic E-state index is -0.202. The lowest BCUT2D eigenvalue weighted by atomic mass is 10.1. The van der Waals surface area contributed by atoms with Crippen molar-refractivity contribution >= 4 is 34.5 Å². The number of hydrogen-bond donors (Lipinski definition) is 2. The van der Waals surface area contributed by atoms with Crippen molar-refractivity contribution in [1.82, 2.24) is 25.1 Å². The highest BCUT2D eigenvalue weighted by molar-refractivity contribution is 7.98. The van der Waals surface area contributed by atoms with E-state index in [1.54, 1.807) is 42.3 Å². The van der Waals surface area contributed by atoms with Crippen LogP contribution < -0.4 is 10.6 Å². The number of carbonyl (C=O) groups is 1. The molecule has 1 aromatic carbocycles. The van der Waals surface area contributed by atoms with E-state index in [1.165, 1.54) is 11.8 Å². The zero-order valence-electron chi connectivity index (χ0n) is 16.2. The molecular formula is C19H21N7O2S. The lowest BCUT2D eigenvalue weighted by Crippen LogP contribution is -2.27. The molecule has 0 spiro atoms. The molecule has 29 heavy (non-hydrogen) atoms. The number of nitriles is 1. The third-order valence-corrected chi connectivity index (χ3v) is 4.69. The van der Waals surface area contributed by atoms with Crippen molar-refractivity contribution in [3.05, 3.63) is 41.6 Å². The first-order chi connectivity index (χ1) is 14.2. The number of nitrogens with one attached hydrogen (secondary N) is 2. The van der Waals surface area contributed by atoms with E-state index in [9.17, 15) is 4.79 Å². The number of aromatic nitrogens is 4. The van der Waals surface area contributed by atoms with Crippen LogP contribution >= 0.6 is 11.8 Å². The molecule has 0 saturated heterocycles. The molecule has 9 nitrogen and oxygen atoms in total. The lowest BCUT2D eigenvalue weighted by molar-refractivity contribution is 0.0952. The predicted octanol–water partition coefficient (Wildman–Crippen LogP) is 1.91. The Morgan fingerprint density at radius 2 is 2.07 bits per heavy atom. The van der Waals surface area contributed by atoms with Gasteiger partial charge in [-0.15, -0.1) is 0 Å². The molecule has 2 heterocycles. The Bertz CT molecular complexity index is 1030. The first kappa shape index (κ1) is 20.6. The Hall–Kier alpha value is -3.16. The van der Waals surface area contributed by atoms with Crippen LogP contribution in [0, 0.1) is 11.3 Å². The van der Waals surface area contributed by atoms with Crippen molar-refractivity contribution in [2.24, 2.45) is 0 Å². The second-order valence-corrected chi connectivity index (χ2v) is 6.80. The highest BCUT2D eigenvalue weighted by Crippen LogP contribution is 2.23. The van der Waals surface area contributed by atoms with Crippen LogP contribution in [0.25, 0.3) is 11.0 Å². The van der Waals surface area contributed by atoms with Gasteiger partial charge in [0, 0.05) is 25.8 Å². The van der Waals surface area contributed by atoms with E-state index in [4.69, 9.17) is 10.00 Å². The van der Waals surface area contributed by atoms with Crippen LogP contribution in [0.1, 0.15) is 15.9 Å². The number of carbonyl (C=O) groups excluding carboxylic acids is 1. The van der Waals surface area contributed by atoms with Crippen molar-refractivity contribution in [2.75, 3.05) is 38.4 Å². The summed E-state index contributed by atoms with van der Waals surface area (Å²) in [6.45, 7) is 2.05. The van der Waals surface area contributed by atoms with E-state index < -0.39 is 0 Å². The van der Waals surface area contributed by atoms with E-state index in [0.29, 0.717) is 54.0 Å². The molecule has 2 aromatic heterocycles. The molecule has 0 unspecified atom stereocenters. The summed E-state index contributed by atoms with van der Waals surface area (Å²) in [5, 5.41) is 20.8. The molecule has 0 aliphatic heterocycles. The standard InChI is InChI=1S/C19H21N7O2S/c1-28-10-8-21-16-15-12-23-26(17(15)25-19(24-16)29-2)9-7-22-18(27)14-5-3-13(11-20)4-6-14/h3-6,12H,7-10H2,1-2H3,(H,22,27)(H,21,24,25). The van der Waals surface area contributed by atoms with Gasteiger partial charge >= 0.3 is 0 Å². The Morgan fingerprint density at radius 1 is 1.28 bits per heavy atom. The summed E-state index contributed by atoms with van der Waals surface area (Å²) in [5.41, 5.74) is 1.73. The largest absolute Gasteiger partial charge is 0.383 e. The first-order valence-corrected chi connectivity index (χ1v) is 10.2. The van der Waals surface area contributed by atoms with E-state index in [2.05, 4.69) is 25.7 Å². The van der Waals surface area contributed by atoms with E-state index >= 15 is 0 Å². The summed E-state index contributed by atoms with van der Waals surface area (Å²) in [6.07, 6.45) is 3.63. The molecule has 0 atom stereocenters. The minimum absolute atomic E-state index is 0.202. The van der Waals surface area contributed by atoms with Gasteiger partial charge in [0.05, 0.1) is 36.4 Å². The van der Waals surface area contributed by atoms with Crippen LogP contribution in [0.5, 0.6) is 0 Å². The van der Waals surface area contributed by atoms with Gasteiger partial charge in [-0.2, -0.15) is 10.4 Å². The highest BCUT2D eigenvalue weighted by Gasteiger charge is 2.13. The molecule has 0 aliphatic carbocycles. The van der Waals surface area contributed by atoms with Crippen molar-refractivity contribution in [3.63, 3.8) is 0 Å². The maximum absolute atomic E-state index is 12.3. The van der Waals surface area contributed by atoms with Crippen LogP contribution in [0.15, 0.2) is 35.6 Å². The molecule has 0 radical (unpaired) electrons. The number of fused-ring (bicyclic) bond motifs is 1. The van der Waals surface area contributed by atoms with Crippen LogP contribution in [0.4, 0.5) is 5.82 Å². The zero-order valence-corrected chi connectivity index (χ0v) is 17.0. The number of rotatable bonds is 9. The van der Waals surface area contributed by atoms with Crippen LogP contribution in [0.3, 0.4) is 0 Å². The third-order valence-electron chi connectivity index (χ3n) is 4.14.